The van der Waals surface area contributed by atoms with Crippen LogP contribution in [0.3, 0.4) is 0 Å². The van der Waals surface area contributed by atoms with Crippen LogP contribution in [-0.2, 0) is 0 Å². The summed E-state index contributed by atoms with van der Waals surface area (Å²) in [5.74, 6) is 0.903. The average molecular weight is 486 g/mol. The first-order valence-corrected chi connectivity index (χ1v) is 12.9. The van der Waals surface area contributed by atoms with Crippen molar-refractivity contribution in [3.63, 3.8) is 0 Å². The van der Waals surface area contributed by atoms with Crippen LogP contribution in [0.15, 0.2) is 140 Å². The van der Waals surface area contributed by atoms with Gasteiger partial charge in [-0.15, -0.1) is 0 Å². The number of nitrogens with zero attached hydrogens (tertiary/aromatic N) is 3. The minimum Gasteiger partial charge on any atom is -0.309 e. The molecule has 0 bridgehead atoms. The first kappa shape index (κ1) is 21.0. The van der Waals surface area contributed by atoms with E-state index in [4.69, 9.17) is 4.98 Å². The van der Waals surface area contributed by atoms with Gasteiger partial charge in [-0.2, -0.15) is 0 Å². The van der Waals surface area contributed by atoms with Crippen molar-refractivity contribution in [2.75, 3.05) is 0 Å². The Balaban J connectivity index is 1.51. The van der Waals surface area contributed by atoms with Crippen LogP contribution < -0.4 is 0 Å². The van der Waals surface area contributed by atoms with E-state index < -0.39 is 0 Å². The average Bonchev–Trinajstić information content (AvgIpc) is 3.51. The number of benzene rings is 5. The minimum absolute atomic E-state index is 0.903. The number of pyridine rings is 1. The predicted octanol–water partition coefficient (Wildman–Crippen LogP) is 8.94. The van der Waals surface area contributed by atoms with Crippen LogP contribution in [0, 0.1) is 0 Å². The maximum atomic E-state index is 5.27. The van der Waals surface area contributed by atoms with E-state index in [9.17, 15) is 0 Å². The topological polar surface area (TPSA) is 22.8 Å². The Labute approximate surface area is 219 Å². The van der Waals surface area contributed by atoms with Crippen molar-refractivity contribution in [1.29, 1.82) is 0 Å². The zero-order valence-corrected chi connectivity index (χ0v) is 20.6. The first-order valence-electron chi connectivity index (χ1n) is 12.9. The fourth-order valence-electron chi connectivity index (χ4n) is 5.87. The lowest BCUT2D eigenvalue weighted by Gasteiger charge is -2.15. The molecule has 3 heterocycles. The molecule has 3 aromatic heterocycles. The van der Waals surface area contributed by atoms with Crippen molar-refractivity contribution in [3.8, 4) is 22.8 Å². The van der Waals surface area contributed by atoms with Crippen LogP contribution in [0.1, 0.15) is 0 Å². The Morgan fingerprint density at radius 3 is 1.32 bits per heavy atom. The summed E-state index contributed by atoms with van der Waals surface area (Å²) < 4.78 is 4.67. The van der Waals surface area contributed by atoms with E-state index in [1.54, 1.807) is 0 Å². The van der Waals surface area contributed by atoms with Gasteiger partial charge in [-0.3, -0.25) is 4.57 Å². The fraction of sp³-hybridized carbons (Fsp3) is 0. The molecule has 38 heavy (non-hydrogen) atoms. The summed E-state index contributed by atoms with van der Waals surface area (Å²) >= 11 is 0. The third-order valence-corrected chi connectivity index (χ3v) is 7.51. The molecule has 0 saturated carbocycles. The van der Waals surface area contributed by atoms with Crippen molar-refractivity contribution in [1.82, 2.24) is 14.1 Å². The van der Waals surface area contributed by atoms with Gasteiger partial charge in [0, 0.05) is 33.2 Å². The lowest BCUT2D eigenvalue weighted by atomic mass is 10.1. The summed E-state index contributed by atoms with van der Waals surface area (Å²) in [6.07, 6.45) is 0. The number of hydrogen-bond acceptors (Lipinski definition) is 1. The summed E-state index contributed by atoms with van der Waals surface area (Å²) in [7, 11) is 0. The molecule has 0 atom stereocenters. The minimum atomic E-state index is 0.903. The molecule has 0 spiro atoms. The van der Waals surface area contributed by atoms with E-state index in [0.29, 0.717) is 0 Å². The highest BCUT2D eigenvalue weighted by Gasteiger charge is 2.17. The van der Waals surface area contributed by atoms with E-state index in [1.165, 1.54) is 32.6 Å². The molecule has 8 aromatic rings. The summed E-state index contributed by atoms with van der Waals surface area (Å²) in [5, 5.41) is 4.96. The summed E-state index contributed by atoms with van der Waals surface area (Å²) in [4.78, 5) is 5.27. The highest BCUT2D eigenvalue weighted by molar-refractivity contribution is 6.10. The highest BCUT2D eigenvalue weighted by atomic mass is 15.1. The molecule has 0 radical (unpaired) electrons. The van der Waals surface area contributed by atoms with Crippen molar-refractivity contribution in [3.05, 3.63) is 140 Å². The lowest BCUT2D eigenvalue weighted by Crippen LogP contribution is -2.03. The molecule has 0 fully saturated rings. The van der Waals surface area contributed by atoms with E-state index in [1.807, 2.05) is 6.07 Å². The molecule has 3 nitrogen and oxygen atoms in total. The normalized spacial score (nSPS) is 11.7. The van der Waals surface area contributed by atoms with Gasteiger partial charge in [0.1, 0.15) is 5.82 Å². The third-order valence-electron chi connectivity index (χ3n) is 7.51. The molecule has 0 unspecified atom stereocenters. The van der Waals surface area contributed by atoms with E-state index in [-0.39, 0.29) is 0 Å². The molecular formula is C35H23N3. The van der Waals surface area contributed by atoms with Crippen LogP contribution in [0.5, 0.6) is 0 Å². The molecule has 5 aromatic carbocycles. The second-order valence-corrected chi connectivity index (χ2v) is 9.67. The second-order valence-electron chi connectivity index (χ2n) is 9.67. The van der Waals surface area contributed by atoms with Crippen LogP contribution >= 0.6 is 0 Å². The largest absolute Gasteiger partial charge is 0.309 e. The van der Waals surface area contributed by atoms with Crippen LogP contribution in [0.25, 0.3) is 66.4 Å². The first-order chi connectivity index (χ1) is 18.9. The van der Waals surface area contributed by atoms with Gasteiger partial charge in [0.25, 0.3) is 0 Å². The van der Waals surface area contributed by atoms with Crippen molar-refractivity contribution in [2.45, 2.75) is 0 Å². The van der Waals surface area contributed by atoms with Gasteiger partial charge >= 0.3 is 0 Å². The van der Waals surface area contributed by atoms with Crippen LogP contribution in [0.2, 0.25) is 0 Å². The third kappa shape index (κ3) is 3.06. The van der Waals surface area contributed by atoms with Gasteiger partial charge in [-0.25, -0.2) is 4.98 Å². The van der Waals surface area contributed by atoms with Gasteiger partial charge in [0.15, 0.2) is 0 Å². The Bertz CT molecular complexity index is 1890. The van der Waals surface area contributed by atoms with Gasteiger partial charge < -0.3 is 4.57 Å². The number of para-hydroxylation sites is 4. The zero-order chi connectivity index (χ0) is 25.1. The van der Waals surface area contributed by atoms with Crippen molar-refractivity contribution in [2.24, 2.45) is 0 Å². The number of hydrogen-bond donors (Lipinski definition) is 0. The summed E-state index contributed by atoms with van der Waals surface area (Å²) in [6, 6.07) is 49.4. The Morgan fingerprint density at radius 2 is 0.816 bits per heavy atom. The molecule has 0 aliphatic carbocycles. The molecular weight excluding hydrogens is 462 g/mol. The fourth-order valence-corrected chi connectivity index (χ4v) is 5.87. The molecule has 8 rings (SSSR count). The summed E-state index contributed by atoms with van der Waals surface area (Å²) in [5.41, 5.74) is 7.81. The maximum Gasteiger partial charge on any atom is 0.140 e. The van der Waals surface area contributed by atoms with E-state index in [0.717, 1.165) is 33.8 Å². The smallest absolute Gasteiger partial charge is 0.140 e. The molecule has 0 saturated heterocycles. The molecule has 0 aliphatic heterocycles. The Hall–Kier alpha value is -5.15. The molecule has 3 heteroatoms. The van der Waals surface area contributed by atoms with Gasteiger partial charge in [-0.05, 0) is 30.3 Å². The molecule has 0 amide bonds. The van der Waals surface area contributed by atoms with Gasteiger partial charge in [-0.1, -0.05) is 103 Å². The van der Waals surface area contributed by atoms with Crippen LogP contribution in [0.4, 0.5) is 0 Å². The zero-order valence-electron chi connectivity index (χ0n) is 20.6. The monoisotopic (exact) mass is 485 g/mol. The van der Waals surface area contributed by atoms with Crippen LogP contribution in [-0.4, -0.2) is 14.1 Å². The van der Waals surface area contributed by atoms with Gasteiger partial charge in [0.2, 0.25) is 0 Å². The van der Waals surface area contributed by atoms with Crippen molar-refractivity contribution < 1.29 is 0 Å². The predicted molar refractivity (Wildman–Crippen MR) is 158 cm³/mol. The lowest BCUT2D eigenvalue weighted by molar-refractivity contribution is 1.06. The maximum absolute atomic E-state index is 5.27. The number of aromatic nitrogens is 3. The van der Waals surface area contributed by atoms with E-state index >= 15 is 0 Å². The SMILES string of the molecule is c1ccc(-c2cc(-n3c4ccccc4c4ccccc43)cc(-n3c4ccccc4c4ccccc43)n2)cc1. The molecule has 178 valence electrons. The second kappa shape index (κ2) is 8.19. The standard InChI is InChI=1S/C35H23N3/c1-2-12-24(13-3-1)30-22-25(37-31-18-8-4-14-26(31)27-15-5-9-19-32(27)37)23-35(36-30)38-33-20-10-6-16-28(33)29-17-7-11-21-34(29)38/h1-23H. The molecule has 0 aliphatic rings. The van der Waals surface area contributed by atoms with Crippen molar-refractivity contribution >= 4 is 43.6 Å². The quantitative estimate of drug-likeness (QED) is 0.245. The van der Waals surface area contributed by atoms with E-state index in [2.05, 4.69) is 143 Å². The summed E-state index contributed by atoms with van der Waals surface area (Å²) in [6.45, 7) is 0. The number of fused-ring (bicyclic) bond motifs is 6. The number of rotatable bonds is 3. The highest BCUT2D eigenvalue weighted by Crippen LogP contribution is 2.36. The molecule has 0 N–H and O–H groups in total. The van der Waals surface area contributed by atoms with Gasteiger partial charge in [0.05, 0.1) is 33.4 Å². The Kier molecular flexibility index (Phi) is 4.52. The Morgan fingerprint density at radius 1 is 0.395 bits per heavy atom.